The molecular weight excluding hydrogens is 488 g/mol. The Kier molecular flexibility index (Phi) is 5.92. The summed E-state index contributed by atoms with van der Waals surface area (Å²) >= 11 is 7.89. The van der Waals surface area contributed by atoms with Crippen LogP contribution in [0.2, 0.25) is 5.02 Å². The Morgan fingerprint density at radius 3 is 2.69 bits per heavy atom. The number of carbonyl (C=O) groups is 1. The minimum atomic E-state index is -0.0603. The first kappa shape index (κ1) is 22.8. The fraction of sp³-hybridized carbons (Fsp3) is 0.417. The van der Waals surface area contributed by atoms with E-state index in [2.05, 4.69) is 20.5 Å². The fourth-order valence-electron chi connectivity index (χ4n) is 5.30. The molecule has 3 aliphatic rings. The van der Waals surface area contributed by atoms with Crippen LogP contribution in [0.5, 0.6) is 0 Å². The molecule has 182 valence electrons. The molecule has 0 aliphatic carbocycles. The summed E-state index contributed by atoms with van der Waals surface area (Å²) < 4.78 is 3.52. The van der Waals surface area contributed by atoms with Gasteiger partial charge in [-0.25, -0.2) is 4.98 Å². The maximum absolute atomic E-state index is 12.6. The number of thioether (sulfide) groups is 1. The summed E-state index contributed by atoms with van der Waals surface area (Å²) in [7, 11) is 0. The lowest BCUT2D eigenvalue weighted by Crippen LogP contribution is -2.44. The first-order valence-corrected chi connectivity index (χ1v) is 13.2. The Labute approximate surface area is 210 Å². The van der Waals surface area contributed by atoms with Crippen LogP contribution in [0.3, 0.4) is 0 Å². The SMILES string of the molecule is O=C1CSc2cc(Cl)c(CNC3CCN(C[C@@H]4Cn5c(=O)ccc6ccc(=O)n4c65)CC3)nc2N1. The summed E-state index contributed by atoms with van der Waals surface area (Å²) in [5.74, 6) is 0.927. The summed E-state index contributed by atoms with van der Waals surface area (Å²) in [5, 5.41) is 7.90. The number of anilines is 1. The van der Waals surface area contributed by atoms with Crippen LogP contribution >= 0.6 is 23.4 Å². The van der Waals surface area contributed by atoms with Gasteiger partial charge in [-0.3, -0.25) is 23.5 Å². The minimum Gasteiger partial charge on any atom is -0.309 e. The standard InChI is InChI=1S/C24H25ClN6O3S/c25-17-9-19-23(28-20(32)13-35-19)27-18(17)10-26-15-5-7-29(8-6-15)11-16-12-30-21(33)3-1-14-2-4-22(34)31(16)24(14)30/h1-4,9,15-16,26H,5-8,10-13H2,(H,27,28,32)/t16-/m1/s1. The maximum Gasteiger partial charge on any atom is 0.252 e. The molecule has 1 fully saturated rings. The average molecular weight is 513 g/mol. The molecule has 3 aromatic rings. The van der Waals surface area contributed by atoms with E-state index in [0.717, 1.165) is 54.1 Å². The highest BCUT2D eigenvalue weighted by Gasteiger charge is 2.29. The lowest BCUT2D eigenvalue weighted by Gasteiger charge is -2.34. The molecule has 1 saturated heterocycles. The van der Waals surface area contributed by atoms with Gasteiger partial charge in [-0.05, 0) is 44.1 Å². The number of halogens is 1. The summed E-state index contributed by atoms with van der Waals surface area (Å²) in [6.07, 6.45) is 1.93. The molecule has 3 aromatic heterocycles. The smallest absolute Gasteiger partial charge is 0.252 e. The van der Waals surface area contributed by atoms with Crippen molar-refractivity contribution in [2.45, 2.75) is 42.9 Å². The molecule has 0 saturated carbocycles. The normalized spacial score (nSPS) is 20.3. The van der Waals surface area contributed by atoms with Crippen molar-refractivity contribution >= 4 is 46.1 Å². The van der Waals surface area contributed by atoms with Crippen LogP contribution in [0.25, 0.3) is 11.0 Å². The lowest BCUT2D eigenvalue weighted by atomic mass is 10.0. The number of nitrogens with zero attached hydrogens (tertiary/aromatic N) is 4. The average Bonchev–Trinajstić information content (AvgIpc) is 3.24. The first-order valence-electron chi connectivity index (χ1n) is 11.8. The third kappa shape index (κ3) is 4.29. The number of piperidine rings is 1. The number of likely N-dealkylation sites (tertiary alicyclic amines) is 1. The van der Waals surface area contributed by atoms with E-state index in [1.54, 1.807) is 33.4 Å². The van der Waals surface area contributed by atoms with Crippen LogP contribution in [0.1, 0.15) is 24.6 Å². The van der Waals surface area contributed by atoms with Gasteiger partial charge in [-0.1, -0.05) is 11.6 Å². The van der Waals surface area contributed by atoms with Crippen molar-refractivity contribution in [1.29, 1.82) is 0 Å². The number of hydrogen-bond acceptors (Lipinski definition) is 7. The number of rotatable bonds is 5. The highest BCUT2D eigenvalue weighted by molar-refractivity contribution is 8.00. The van der Waals surface area contributed by atoms with Crippen molar-refractivity contribution < 1.29 is 4.79 Å². The third-order valence-electron chi connectivity index (χ3n) is 7.06. The van der Waals surface area contributed by atoms with Crippen molar-refractivity contribution in [3.63, 3.8) is 0 Å². The minimum absolute atomic E-state index is 0.0441. The van der Waals surface area contributed by atoms with E-state index in [-0.39, 0.29) is 23.1 Å². The zero-order valence-corrected chi connectivity index (χ0v) is 20.6. The molecule has 6 heterocycles. The van der Waals surface area contributed by atoms with Crippen LogP contribution in [0.15, 0.2) is 44.8 Å². The molecule has 0 spiro atoms. The quantitative estimate of drug-likeness (QED) is 0.539. The Morgan fingerprint density at radius 1 is 1.11 bits per heavy atom. The number of amides is 1. The van der Waals surface area contributed by atoms with Gasteiger partial charge in [0.15, 0.2) is 0 Å². The second-order valence-electron chi connectivity index (χ2n) is 9.31. The molecule has 1 atom stereocenters. The van der Waals surface area contributed by atoms with Gasteiger partial charge in [0.05, 0.1) is 27.4 Å². The van der Waals surface area contributed by atoms with E-state index < -0.39 is 0 Å². The monoisotopic (exact) mass is 512 g/mol. The molecule has 9 nitrogen and oxygen atoms in total. The number of carbonyl (C=O) groups excluding carboxylic acids is 1. The second-order valence-corrected chi connectivity index (χ2v) is 10.7. The molecule has 0 aromatic carbocycles. The Balaban J connectivity index is 1.07. The van der Waals surface area contributed by atoms with Crippen molar-refractivity contribution in [2.75, 3.05) is 30.7 Å². The van der Waals surface area contributed by atoms with E-state index in [1.165, 1.54) is 11.8 Å². The molecule has 0 unspecified atom stereocenters. The van der Waals surface area contributed by atoms with Gasteiger partial charge >= 0.3 is 0 Å². The van der Waals surface area contributed by atoms with Crippen LogP contribution in [-0.2, 0) is 17.9 Å². The van der Waals surface area contributed by atoms with Crippen molar-refractivity contribution in [2.24, 2.45) is 0 Å². The summed E-state index contributed by atoms with van der Waals surface area (Å²) in [6.45, 7) is 3.62. The lowest BCUT2D eigenvalue weighted by molar-refractivity contribution is -0.113. The number of hydrogen-bond donors (Lipinski definition) is 2. The first-order chi connectivity index (χ1) is 17.0. The fourth-order valence-corrected chi connectivity index (χ4v) is 6.37. The molecule has 11 heteroatoms. The third-order valence-corrected chi connectivity index (χ3v) is 8.42. The van der Waals surface area contributed by atoms with Crippen molar-refractivity contribution in [3.8, 4) is 0 Å². The van der Waals surface area contributed by atoms with Crippen molar-refractivity contribution in [1.82, 2.24) is 24.3 Å². The molecular formula is C24H25ClN6O3S. The Bertz CT molecular complexity index is 1440. The van der Waals surface area contributed by atoms with Gasteiger partial charge in [-0.15, -0.1) is 11.8 Å². The summed E-state index contributed by atoms with van der Waals surface area (Å²) in [6, 6.07) is 8.92. The van der Waals surface area contributed by atoms with Gasteiger partial charge in [0.2, 0.25) is 5.91 Å². The van der Waals surface area contributed by atoms with E-state index in [0.29, 0.717) is 35.7 Å². The van der Waals surface area contributed by atoms with Crippen LogP contribution in [0, 0.1) is 0 Å². The van der Waals surface area contributed by atoms with E-state index >= 15 is 0 Å². The Hall–Kier alpha value is -2.66. The molecule has 2 N–H and O–H groups in total. The predicted molar refractivity (Wildman–Crippen MR) is 136 cm³/mol. The topological polar surface area (TPSA) is 101 Å². The zero-order valence-electron chi connectivity index (χ0n) is 19.0. The number of nitrogens with one attached hydrogen (secondary N) is 2. The predicted octanol–water partition coefficient (Wildman–Crippen LogP) is 2.06. The van der Waals surface area contributed by atoms with Gasteiger partial charge in [0.25, 0.3) is 11.1 Å². The number of fused-ring (bicyclic) bond motifs is 1. The maximum atomic E-state index is 12.6. The van der Waals surface area contributed by atoms with E-state index in [1.807, 2.05) is 6.07 Å². The molecule has 6 rings (SSSR count). The summed E-state index contributed by atoms with van der Waals surface area (Å²) in [5.41, 5.74) is 1.35. The highest BCUT2D eigenvalue weighted by Crippen LogP contribution is 2.33. The van der Waals surface area contributed by atoms with Crippen LogP contribution in [0.4, 0.5) is 5.82 Å². The Morgan fingerprint density at radius 2 is 1.89 bits per heavy atom. The molecule has 35 heavy (non-hydrogen) atoms. The van der Waals surface area contributed by atoms with E-state index in [4.69, 9.17) is 11.6 Å². The number of pyridine rings is 3. The van der Waals surface area contributed by atoms with Gasteiger partial charge in [-0.2, -0.15) is 0 Å². The van der Waals surface area contributed by atoms with E-state index in [9.17, 15) is 14.4 Å². The molecule has 0 radical (unpaired) electrons. The van der Waals surface area contributed by atoms with Crippen LogP contribution < -0.4 is 21.8 Å². The zero-order chi connectivity index (χ0) is 24.1. The summed E-state index contributed by atoms with van der Waals surface area (Å²) in [4.78, 5) is 44.6. The number of aromatic nitrogens is 3. The molecule has 0 bridgehead atoms. The van der Waals surface area contributed by atoms with Gasteiger partial charge in [0, 0.05) is 43.2 Å². The van der Waals surface area contributed by atoms with Crippen LogP contribution in [-0.4, -0.2) is 56.4 Å². The second kappa shape index (κ2) is 9.09. The van der Waals surface area contributed by atoms with Gasteiger partial charge in [0.1, 0.15) is 11.5 Å². The molecule has 3 aliphatic heterocycles. The van der Waals surface area contributed by atoms with Crippen molar-refractivity contribution in [3.05, 3.63) is 61.8 Å². The largest absolute Gasteiger partial charge is 0.309 e. The molecule has 1 amide bonds. The van der Waals surface area contributed by atoms with Gasteiger partial charge < -0.3 is 15.5 Å². The highest BCUT2D eigenvalue weighted by atomic mass is 35.5.